The molecule has 212 valence electrons. The van der Waals surface area contributed by atoms with Crippen molar-refractivity contribution < 1.29 is 14.6 Å². The lowest BCUT2D eigenvalue weighted by Crippen LogP contribution is -2.47. The molecule has 1 atom stereocenters. The molecule has 0 amide bonds. The Morgan fingerprint density at radius 3 is 2.33 bits per heavy atom. The van der Waals surface area contributed by atoms with Crippen LogP contribution in [-0.2, 0) is 24.4 Å². The number of carbonyl (C=O) groups is 1. The molecule has 1 fully saturated rings. The summed E-state index contributed by atoms with van der Waals surface area (Å²) in [6, 6.07) is 16.7. The maximum Gasteiger partial charge on any atom is 0.140 e. The Labute approximate surface area is 236 Å². The minimum atomic E-state index is -0.237. The van der Waals surface area contributed by atoms with E-state index in [1.165, 1.54) is 11.1 Å². The van der Waals surface area contributed by atoms with E-state index in [4.69, 9.17) is 4.74 Å². The van der Waals surface area contributed by atoms with E-state index in [-0.39, 0.29) is 11.2 Å². The first-order valence-electron chi connectivity index (χ1n) is 15.0. The minimum Gasteiger partial charge on any atom is -0.513 e. The summed E-state index contributed by atoms with van der Waals surface area (Å²) in [6.07, 6.45) is 11.7. The maximum atomic E-state index is 13.5. The number of allylic oxidation sites excluding steroid dienone is 3. The summed E-state index contributed by atoms with van der Waals surface area (Å²) in [5.74, 6) is 1.52. The van der Waals surface area contributed by atoms with Crippen LogP contribution in [0.2, 0.25) is 0 Å². The van der Waals surface area contributed by atoms with Gasteiger partial charge >= 0.3 is 0 Å². The van der Waals surface area contributed by atoms with Gasteiger partial charge in [-0.1, -0.05) is 81.8 Å². The smallest absolute Gasteiger partial charge is 0.140 e. The fourth-order valence-electron chi connectivity index (χ4n) is 5.66. The summed E-state index contributed by atoms with van der Waals surface area (Å²) < 4.78 is 5.99. The van der Waals surface area contributed by atoms with Crippen LogP contribution in [0, 0.1) is 5.41 Å². The third kappa shape index (κ3) is 9.69. The van der Waals surface area contributed by atoms with Gasteiger partial charge in [0.1, 0.15) is 18.1 Å². The molecular weight excluding hydrogens is 482 g/mol. The summed E-state index contributed by atoms with van der Waals surface area (Å²) in [4.78, 5) is 16.0. The van der Waals surface area contributed by atoms with Crippen LogP contribution in [0.4, 0.5) is 0 Å². The molecule has 0 spiro atoms. The molecule has 1 saturated heterocycles. The number of nitrogens with zero attached hydrogens (tertiary/aromatic N) is 1. The molecule has 2 aromatic rings. The molecule has 1 heterocycles. The quantitative estimate of drug-likeness (QED) is 0.174. The van der Waals surface area contributed by atoms with Crippen molar-refractivity contribution in [2.24, 2.45) is 5.41 Å². The topological polar surface area (TPSA) is 49.8 Å². The number of Topliss-reactive ketones (excluding diaryl/α,β-unsaturated/α-hetero) is 1. The second-order valence-electron chi connectivity index (χ2n) is 11.3. The van der Waals surface area contributed by atoms with Crippen LogP contribution in [0.15, 0.2) is 72.5 Å². The molecule has 0 saturated carbocycles. The van der Waals surface area contributed by atoms with Crippen molar-refractivity contribution in [1.82, 2.24) is 4.90 Å². The van der Waals surface area contributed by atoms with Gasteiger partial charge in [-0.15, -0.1) is 0 Å². The predicted molar refractivity (Wildman–Crippen MR) is 162 cm³/mol. The lowest BCUT2D eigenvalue weighted by Gasteiger charge is -2.42. The average Bonchev–Trinajstić information content (AvgIpc) is 2.94. The average molecular weight is 532 g/mol. The monoisotopic (exact) mass is 531 g/mol. The highest BCUT2D eigenvalue weighted by Crippen LogP contribution is 2.40. The van der Waals surface area contributed by atoms with Gasteiger partial charge in [0.2, 0.25) is 0 Å². The molecule has 3 rings (SSSR count). The van der Waals surface area contributed by atoms with E-state index in [0.29, 0.717) is 25.2 Å². The maximum absolute atomic E-state index is 13.5. The van der Waals surface area contributed by atoms with Crippen LogP contribution >= 0.6 is 0 Å². The standard InChI is InChI=1S/C35H49NO3/c1-5-8-11-29(7-3)24-35(34(38)10-6-2)22-9-23-36(27-35)25-31-14-16-32(17-15-31)26-39-33-20-18-30(19-21-33)13-12-28(4)37/h11,14-21,37H,4-10,12-13,22-27H2,1-3H3/b29-11+. The summed E-state index contributed by atoms with van der Waals surface area (Å²) in [5.41, 5.74) is 4.80. The van der Waals surface area contributed by atoms with Crippen molar-refractivity contribution in [3.63, 3.8) is 0 Å². The first-order valence-corrected chi connectivity index (χ1v) is 15.0. The van der Waals surface area contributed by atoms with Crippen LogP contribution in [0.5, 0.6) is 5.75 Å². The first-order chi connectivity index (χ1) is 18.9. The predicted octanol–water partition coefficient (Wildman–Crippen LogP) is 8.75. The normalized spacial score (nSPS) is 18.2. The minimum absolute atomic E-state index is 0.216. The molecule has 4 heteroatoms. The number of aliphatic hydroxyl groups is 1. The molecule has 1 N–H and O–H groups in total. The fourth-order valence-corrected chi connectivity index (χ4v) is 5.66. The van der Waals surface area contributed by atoms with Crippen LogP contribution in [-0.4, -0.2) is 28.9 Å². The second kappa shape index (κ2) is 15.7. The number of rotatable bonds is 16. The van der Waals surface area contributed by atoms with Gasteiger partial charge in [-0.25, -0.2) is 0 Å². The van der Waals surface area contributed by atoms with Crippen LogP contribution in [0.3, 0.4) is 0 Å². The van der Waals surface area contributed by atoms with Gasteiger partial charge in [-0.2, -0.15) is 0 Å². The van der Waals surface area contributed by atoms with E-state index in [0.717, 1.165) is 87.9 Å². The molecule has 0 bridgehead atoms. The highest BCUT2D eigenvalue weighted by Gasteiger charge is 2.41. The summed E-state index contributed by atoms with van der Waals surface area (Å²) in [5, 5.41) is 9.28. The van der Waals surface area contributed by atoms with E-state index in [2.05, 4.69) is 62.6 Å². The van der Waals surface area contributed by atoms with Gasteiger partial charge in [0.15, 0.2) is 0 Å². The summed E-state index contributed by atoms with van der Waals surface area (Å²) in [7, 11) is 0. The number of piperidine rings is 1. The Bertz CT molecular complexity index is 1070. The van der Waals surface area contributed by atoms with Crippen molar-refractivity contribution in [1.29, 1.82) is 0 Å². The first kappa shape index (κ1) is 30.7. The SMILES string of the molecule is C=C(O)CCc1ccc(OCc2ccc(CN3CCCC(C/C(=C/CCC)CC)(C(=O)CCC)C3)cc2)cc1. The Morgan fingerprint density at radius 1 is 1.00 bits per heavy atom. The van der Waals surface area contributed by atoms with Crippen molar-refractivity contribution in [2.45, 2.75) is 98.1 Å². The Kier molecular flexibility index (Phi) is 12.3. The number of aliphatic hydroxyl groups excluding tert-OH is 1. The lowest BCUT2D eigenvalue weighted by atomic mass is 9.70. The van der Waals surface area contributed by atoms with Gasteiger partial charge in [0.05, 0.1) is 5.76 Å². The zero-order chi connectivity index (χ0) is 28.1. The van der Waals surface area contributed by atoms with Crippen molar-refractivity contribution >= 4 is 5.78 Å². The number of aryl methyl sites for hydroxylation is 1. The number of hydrogen-bond donors (Lipinski definition) is 1. The molecule has 1 aliphatic rings. The van der Waals surface area contributed by atoms with Crippen LogP contribution < -0.4 is 4.74 Å². The Balaban J connectivity index is 1.59. The van der Waals surface area contributed by atoms with Gasteiger partial charge in [0, 0.05) is 31.3 Å². The molecule has 0 aliphatic carbocycles. The molecule has 2 aromatic carbocycles. The largest absolute Gasteiger partial charge is 0.513 e. The summed E-state index contributed by atoms with van der Waals surface area (Å²) in [6.45, 7) is 13.4. The van der Waals surface area contributed by atoms with Gasteiger partial charge in [-0.05, 0) is 80.3 Å². The summed E-state index contributed by atoms with van der Waals surface area (Å²) >= 11 is 0. The number of hydrogen-bond acceptors (Lipinski definition) is 4. The van der Waals surface area contributed by atoms with Gasteiger partial charge in [0.25, 0.3) is 0 Å². The Hall–Kier alpha value is -2.85. The number of benzene rings is 2. The van der Waals surface area contributed by atoms with Crippen LogP contribution in [0.1, 0.15) is 95.2 Å². The van der Waals surface area contributed by atoms with Crippen LogP contribution in [0.25, 0.3) is 0 Å². The molecule has 1 aliphatic heterocycles. The molecule has 1 unspecified atom stereocenters. The number of unbranched alkanes of at least 4 members (excludes halogenated alkanes) is 1. The second-order valence-corrected chi connectivity index (χ2v) is 11.3. The highest BCUT2D eigenvalue weighted by atomic mass is 16.5. The zero-order valence-electron chi connectivity index (χ0n) is 24.5. The van der Waals surface area contributed by atoms with Gasteiger partial charge < -0.3 is 9.84 Å². The number of likely N-dealkylation sites (tertiary alicyclic amines) is 1. The Morgan fingerprint density at radius 2 is 1.69 bits per heavy atom. The highest BCUT2D eigenvalue weighted by molar-refractivity contribution is 5.85. The van der Waals surface area contributed by atoms with E-state index < -0.39 is 0 Å². The molecule has 4 nitrogen and oxygen atoms in total. The third-order valence-corrected chi connectivity index (χ3v) is 7.93. The number of carbonyl (C=O) groups excluding carboxylic acids is 1. The van der Waals surface area contributed by atoms with E-state index in [9.17, 15) is 9.90 Å². The van der Waals surface area contributed by atoms with E-state index in [1.807, 2.05) is 24.3 Å². The third-order valence-electron chi connectivity index (χ3n) is 7.93. The van der Waals surface area contributed by atoms with E-state index >= 15 is 0 Å². The lowest BCUT2D eigenvalue weighted by molar-refractivity contribution is -0.132. The number of ether oxygens (including phenoxy) is 1. The molecule has 0 aromatic heterocycles. The molecular formula is C35H49NO3. The number of ketones is 1. The van der Waals surface area contributed by atoms with E-state index in [1.54, 1.807) is 0 Å². The molecule has 0 radical (unpaired) electrons. The van der Waals surface area contributed by atoms with Crippen molar-refractivity contribution in [2.75, 3.05) is 13.1 Å². The fraction of sp³-hybridized carbons (Fsp3) is 0.514. The van der Waals surface area contributed by atoms with Crippen molar-refractivity contribution in [3.05, 3.63) is 89.2 Å². The van der Waals surface area contributed by atoms with Crippen molar-refractivity contribution in [3.8, 4) is 5.75 Å². The zero-order valence-corrected chi connectivity index (χ0v) is 24.5. The van der Waals surface area contributed by atoms with Gasteiger partial charge in [-0.3, -0.25) is 9.69 Å². The molecule has 39 heavy (non-hydrogen) atoms.